The van der Waals surface area contributed by atoms with Gasteiger partial charge in [-0.3, -0.25) is 19.6 Å². The Kier molecular flexibility index (Phi) is 4.60. The van der Waals surface area contributed by atoms with Crippen molar-refractivity contribution in [2.75, 3.05) is 11.9 Å². The first-order chi connectivity index (χ1) is 13.5. The van der Waals surface area contributed by atoms with E-state index in [1.807, 2.05) is 0 Å². The van der Waals surface area contributed by atoms with Crippen LogP contribution in [0.25, 0.3) is 0 Å². The Hall–Kier alpha value is -3.56. The second-order valence-electron chi connectivity index (χ2n) is 6.53. The van der Waals surface area contributed by atoms with Gasteiger partial charge in [0.1, 0.15) is 23.5 Å². The van der Waals surface area contributed by atoms with Gasteiger partial charge in [-0.15, -0.1) is 5.10 Å². The maximum absolute atomic E-state index is 13.0. The molecule has 0 bridgehead atoms. The predicted molar refractivity (Wildman–Crippen MR) is 97.1 cm³/mol. The average molecular weight is 383 g/mol. The van der Waals surface area contributed by atoms with E-state index < -0.39 is 11.9 Å². The molecule has 0 spiro atoms. The van der Waals surface area contributed by atoms with Gasteiger partial charge in [-0.25, -0.2) is 14.1 Å². The van der Waals surface area contributed by atoms with Gasteiger partial charge in [0.15, 0.2) is 0 Å². The number of hydrogen-bond donors (Lipinski definition) is 2. The third-order valence-electron chi connectivity index (χ3n) is 4.62. The predicted octanol–water partition coefficient (Wildman–Crippen LogP) is 0.896. The van der Waals surface area contributed by atoms with Gasteiger partial charge in [0, 0.05) is 26.1 Å². The molecule has 144 valence electrons. The molecule has 9 nitrogen and oxygen atoms in total. The number of anilines is 1. The molecular formula is C18H18FN7O2. The fourth-order valence-corrected chi connectivity index (χ4v) is 3.13. The number of benzene rings is 1. The van der Waals surface area contributed by atoms with Gasteiger partial charge in [-0.05, 0) is 24.1 Å². The van der Waals surface area contributed by atoms with Gasteiger partial charge in [-0.1, -0.05) is 12.1 Å². The SMILES string of the molecule is CN1C(=O)[C@@H](NC(=O)c2n[nH]c(Cc3ccc(F)cc3)n2)CCn2nccc21. The number of amides is 2. The van der Waals surface area contributed by atoms with Gasteiger partial charge >= 0.3 is 0 Å². The first-order valence-corrected chi connectivity index (χ1v) is 8.77. The Labute approximate surface area is 159 Å². The zero-order valence-electron chi connectivity index (χ0n) is 15.1. The molecule has 1 atom stereocenters. The number of rotatable bonds is 4. The van der Waals surface area contributed by atoms with Crippen LogP contribution in [0, 0.1) is 5.82 Å². The van der Waals surface area contributed by atoms with E-state index in [0.717, 1.165) is 5.56 Å². The van der Waals surface area contributed by atoms with E-state index in [-0.39, 0.29) is 17.5 Å². The standard InChI is InChI=1S/C18H18FN7O2/c1-25-15-6-8-20-26(15)9-7-13(18(25)28)21-17(27)16-22-14(23-24-16)10-11-2-4-12(19)5-3-11/h2-6,8,13H,7,9-10H2,1H3,(H,21,27)(H,22,23,24)/t13-/m0/s1. The molecule has 28 heavy (non-hydrogen) atoms. The van der Waals surface area contributed by atoms with Crippen molar-refractivity contribution in [3.63, 3.8) is 0 Å². The number of hydrogen-bond acceptors (Lipinski definition) is 5. The molecule has 0 unspecified atom stereocenters. The van der Waals surface area contributed by atoms with E-state index in [4.69, 9.17) is 0 Å². The van der Waals surface area contributed by atoms with Crippen molar-refractivity contribution < 1.29 is 14.0 Å². The topological polar surface area (TPSA) is 109 Å². The van der Waals surface area contributed by atoms with Crippen molar-refractivity contribution in [2.45, 2.75) is 25.4 Å². The zero-order valence-corrected chi connectivity index (χ0v) is 15.1. The number of aromatic nitrogens is 5. The van der Waals surface area contributed by atoms with Crippen molar-refractivity contribution >= 4 is 17.6 Å². The van der Waals surface area contributed by atoms with Crippen LogP contribution in [0.2, 0.25) is 0 Å². The molecule has 3 heterocycles. The van der Waals surface area contributed by atoms with Crippen LogP contribution < -0.4 is 10.2 Å². The number of carbonyl (C=O) groups excluding carboxylic acids is 2. The Morgan fingerprint density at radius 2 is 2.11 bits per heavy atom. The number of likely N-dealkylation sites (N-methyl/N-ethyl adjacent to an activating group) is 1. The highest BCUT2D eigenvalue weighted by atomic mass is 19.1. The first kappa shape index (κ1) is 17.8. The summed E-state index contributed by atoms with van der Waals surface area (Å²) >= 11 is 0. The summed E-state index contributed by atoms with van der Waals surface area (Å²) in [5, 5.41) is 13.5. The molecule has 1 aromatic carbocycles. The van der Waals surface area contributed by atoms with Crippen LogP contribution in [-0.2, 0) is 17.8 Å². The van der Waals surface area contributed by atoms with Crippen molar-refractivity contribution in [1.29, 1.82) is 0 Å². The summed E-state index contributed by atoms with van der Waals surface area (Å²) in [6.07, 6.45) is 2.43. The van der Waals surface area contributed by atoms with Crippen LogP contribution in [-0.4, -0.2) is 49.9 Å². The largest absolute Gasteiger partial charge is 0.337 e. The van der Waals surface area contributed by atoms with E-state index in [0.29, 0.717) is 31.0 Å². The molecule has 3 aromatic rings. The number of carbonyl (C=O) groups is 2. The van der Waals surface area contributed by atoms with E-state index in [1.165, 1.54) is 17.0 Å². The molecule has 0 fully saturated rings. The molecule has 0 saturated heterocycles. The zero-order chi connectivity index (χ0) is 19.7. The third-order valence-corrected chi connectivity index (χ3v) is 4.62. The second-order valence-corrected chi connectivity index (χ2v) is 6.53. The number of H-pyrrole nitrogens is 1. The van der Waals surface area contributed by atoms with E-state index >= 15 is 0 Å². The minimum Gasteiger partial charge on any atom is -0.337 e. The van der Waals surface area contributed by atoms with Crippen LogP contribution in [0.1, 0.15) is 28.4 Å². The molecule has 0 radical (unpaired) electrons. The van der Waals surface area contributed by atoms with Crippen LogP contribution in [0.4, 0.5) is 10.2 Å². The Morgan fingerprint density at radius 3 is 2.89 bits per heavy atom. The van der Waals surface area contributed by atoms with Crippen LogP contribution in [0.3, 0.4) is 0 Å². The fraction of sp³-hybridized carbons (Fsp3) is 0.278. The summed E-state index contributed by atoms with van der Waals surface area (Å²) in [5.41, 5.74) is 0.833. The van der Waals surface area contributed by atoms with Gasteiger partial charge in [-0.2, -0.15) is 5.10 Å². The third kappa shape index (κ3) is 3.48. The van der Waals surface area contributed by atoms with E-state index in [2.05, 4.69) is 25.6 Å². The molecule has 0 saturated carbocycles. The highest BCUT2D eigenvalue weighted by Gasteiger charge is 2.30. The summed E-state index contributed by atoms with van der Waals surface area (Å²) in [6, 6.07) is 7.05. The van der Waals surface area contributed by atoms with Gasteiger partial charge in [0.25, 0.3) is 11.8 Å². The van der Waals surface area contributed by atoms with Gasteiger partial charge < -0.3 is 5.32 Å². The monoisotopic (exact) mass is 383 g/mol. The second kappa shape index (κ2) is 7.22. The highest BCUT2D eigenvalue weighted by molar-refractivity contribution is 6.00. The van der Waals surface area contributed by atoms with E-state index in [9.17, 15) is 14.0 Å². The number of fused-ring (bicyclic) bond motifs is 1. The van der Waals surface area contributed by atoms with Gasteiger partial charge in [0.2, 0.25) is 5.82 Å². The number of aryl methyl sites for hydroxylation is 1. The minimum absolute atomic E-state index is 0.0467. The molecule has 2 aromatic heterocycles. The number of nitrogens with zero attached hydrogens (tertiary/aromatic N) is 5. The van der Waals surface area contributed by atoms with Crippen LogP contribution >= 0.6 is 0 Å². The summed E-state index contributed by atoms with van der Waals surface area (Å²) < 4.78 is 14.7. The molecule has 1 aliphatic rings. The van der Waals surface area contributed by atoms with Crippen molar-refractivity contribution in [3.8, 4) is 0 Å². The van der Waals surface area contributed by atoms with Crippen LogP contribution in [0.15, 0.2) is 36.5 Å². The lowest BCUT2D eigenvalue weighted by molar-refractivity contribution is -0.120. The molecule has 2 amide bonds. The fourth-order valence-electron chi connectivity index (χ4n) is 3.13. The lowest BCUT2D eigenvalue weighted by Crippen LogP contribution is -2.47. The molecule has 0 aliphatic carbocycles. The lowest BCUT2D eigenvalue weighted by atomic mass is 10.1. The Morgan fingerprint density at radius 1 is 1.32 bits per heavy atom. The normalized spacial score (nSPS) is 16.6. The van der Waals surface area contributed by atoms with Crippen molar-refractivity contribution in [1.82, 2.24) is 30.3 Å². The van der Waals surface area contributed by atoms with Crippen molar-refractivity contribution in [3.05, 3.63) is 59.6 Å². The molecule has 10 heteroatoms. The van der Waals surface area contributed by atoms with Crippen molar-refractivity contribution in [2.24, 2.45) is 0 Å². The maximum Gasteiger partial charge on any atom is 0.291 e. The smallest absolute Gasteiger partial charge is 0.291 e. The number of halogens is 1. The summed E-state index contributed by atoms with van der Waals surface area (Å²) in [4.78, 5) is 30.8. The quantitative estimate of drug-likeness (QED) is 0.696. The minimum atomic E-state index is -0.696. The molecule has 4 rings (SSSR count). The first-order valence-electron chi connectivity index (χ1n) is 8.77. The summed E-state index contributed by atoms with van der Waals surface area (Å²) in [6.45, 7) is 0.507. The molecule has 1 aliphatic heterocycles. The summed E-state index contributed by atoms with van der Waals surface area (Å²) in [5.74, 6) is 0.0286. The van der Waals surface area contributed by atoms with Crippen LogP contribution in [0.5, 0.6) is 0 Å². The Balaban J connectivity index is 1.42. The average Bonchev–Trinajstić information content (AvgIpc) is 3.33. The maximum atomic E-state index is 13.0. The number of nitrogens with one attached hydrogen (secondary N) is 2. The molecular weight excluding hydrogens is 365 g/mol. The highest BCUT2D eigenvalue weighted by Crippen LogP contribution is 2.19. The summed E-state index contributed by atoms with van der Waals surface area (Å²) in [7, 11) is 1.65. The number of aromatic amines is 1. The van der Waals surface area contributed by atoms with E-state index in [1.54, 1.807) is 36.1 Å². The molecule has 2 N–H and O–H groups in total. The lowest BCUT2D eigenvalue weighted by Gasteiger charge is -2.19. The van der Waals surface area contributed by atoms with Gasteiger partial charge in [0.05, 0.1) is 6.20 Å². The Bertz CT molecular complexity index is 1010.